The van der Waals surface area contributed by atoms with Crippen LogP contribution >= 0.6 is 11.3 Å². The fourth-order valence-electron chi connectivity index (χ4n) is 3.23. The van der Waals surface area contributed by atoms with E-state index in [9.17, 15) is 14.4 Å². The lowest BCUT2D eigenvalue weighted by Gasteiger charge is -2.26. The number of anilines is 1. The summed E-state index contributed by atoms with van der Waals surface area (Å²) in [5.74, 6) is -1.01. The number of thiophene rings is 1. The molecule has 28 heavy (non-hydrogen) atoms. The summed E-state index contributed by atoms with van der Waals surface area (Å²) in [5, 5.41) is 7.41. The quantitative estimate of drug-likeness (QED) is 0.790. The lowest BCUT2D eigenvalue weighted by Crippen LogP contribution is -2.36. The first-order valence-corrected chi connectivity index (χ1v) is 9.89. The van der Waals surface area contributed by atoms with Crippen molar-refractivity contribution in [3.8, 4) is 0 Å². The number of fused-ring (bicyclic) bond motifs is 1. The van der Waals surface area contributed by atoms with Crippen LogP contribution in [0.25, 0.3) is 0 Å². The minimum Gasteiger partial charge on any atom is -0.450 e. The smallest absolute Gasteiger partial charge is 0.410 e. The van der Waals surface area contributed by atoms with Gasteiger partial charge in [0.15, 0.2) is 5.69 Å². The van der Waals surface area contributed by atoms with Gasteiger partial charge in [-0.25, -0.2) is 4.79 Å². The number of hydrogen-bond donors (Lipinski definition) is 2. The van der Waals surface area contributed by atoms with Crippen molar-refractivity contribution in [3.05, 3.63) is 33.5 Å². The van der Waals surface area contributed by atoms with Crippen LogP contribution in [0.2, 0.25) is 0 Å². The van der Waals surface area contributed by atoms with Crippen LogP contribution in [0.3, 0.4) is 0 Å². The highest BCUT2D eigenvalue weighted by molar-refractivity contribution is 7.17. The number of hydrogen-bond acceptors (Lipinski definition) is 6. The van der Waals surface area contributed by atoms with Crippen molar-refractivity contribution >= 4 is 34.2 Å². The van der Waals surface area contributed by atoms with Crippen LogP contribution < -0.4 is 11.1 Å². The maximum atomic E-state index is 12.6. The molecule has 2 aromatic rings. The lowest BCUT2D eigenvalue weighted by molar-refractivity contribution is 0.0997. The van der Waals surface area contributed by atoms with Crippen molar-refractivity contribution in [2.75, 3.05) is 18.5 Å². The minimum absolute atomic E-state index is 0.272. The molecule has 0 radical (unpaired) electrons. The van der Waals surface area contributed by atoms with Crippen molar-refractivity contribution < 1.29 is 19.1 Å². The van der Waals surface area contributed by atoms with Crippen molar-refractivity contribution in [2.24, 2.45) is 5.73 Å². The summed E-state index contributed by atoms with van der Waals surface area (Å²) in [6, 6.07) is 1.69. The van der Waals surface area contributed by atoms with Crippen LogP contribution in [0, 0.1) is 6.92 Å². The zero-order valence-corrected chi connectivity index (χ0v) is 16.9. The Morgan fingerprint density at radius 1 is 1.36 bits per heavy atom. The molecule has 10 heteroatoms. The molecule has 3 heterocycles. The van der Waals surface area contributed by atoms with E-state index >= 15 is 0 Å². The van der Waals surface area contributed by atoms with Crippen LogP contribution in [0.4, 0.5) is 9.80 Å². The second-order valence-corrected chi connectivity index (χ2v) is 7.49. The molecule has 0 aliphatic carbocycles. The van der Waals surface area contributed by atoms with Gasteiger partial charge in [0.1, 0.15) is 5.00 Å². The Balaban J connectivity index is 1.86. The molecule has 0 aromatic carbocycles. The first kappa shape index (κ1) is 19.9. The number of rotatable bonds is 5. The first-order chi connectivity index (χ1) is 13.3. The Morgan fingerprint density at radius 3 is 2.71 bits per heavy atom. The number of carbonyl (C=O) groups is 3. The molecule has 0 unspecified atom stereocenters. The molecule has 0 fully saturated rings. The molecule has 0 atom stereocenters. The van der Waals surface area contributed by atoms with E-state index < -0.39 is 17.9 Å². The van der Waals surface area contributed by atoms with Gasteiger partial charge in [-0.3, -0.25) is 14.3 Å². The molecular formula is C18H23N5O4S. The third kappa shape index (κ3) is 3.72. The van der Waals surface area contributed by atoms with Gasteiger partial charge in [-0.15, -0.1) is 11.3 Å². The van der Waals surface area contributed by atoms with Crippen LogP contribution in [-0.4, -0.2) is 45.7 Å². The highest BCUT2D eigenvalue weighted by Gasteiger charge is 2.30. The molecule has 2 aromatic heterocycles. The van der Waals surface area contributed by atoms with Gasteiger partial charge in [-0.1, -0.05) is 0 Å². The minimum atomic E-state index is -0.604. The van der Waals surface area contributed by atoms with Gasteiger partial charge in [0.05, 0.1) is 18.7 Å². The summed E-state index contributed by atoms with van der Waals surface area (Å²) >= 11 is 1.25. The molecule has 1 aliphatic heterocycles. The van der Waals surface area contributed by atoms with E-state index in [-0.39, 0.29) is 5.69 Å². The molecule has 0 spiro atoms. The van der Waals surface area contributed by atoms with Gasteiger partial charge < -0.3 is 20.7 Å². The molecule has 3 N–H and O–H groups in total. The van der Waals surface area contributed by atoms with Crippen molar-refractivity contribution in [1.82, 2.24) is 14.7 Å². The van der Waals surface area contributed by atoms with Gasteiger partial charge in [-0.2, -0.15) is 5.10 Å². The molecule has 0 saturated heterocycles. The standard InChI is InChI=1S/C18H23N5O4S/c1-4-23-10(3)8-12(21-23)16(25)20-17-14(15(19)24)11-6-7-22(9-13(11)28-17)18(26)27-5-2/h8H,4-7,9H2,1-3H3,(H2,19,24)(H,20,25). The molecule has 3 amide bonds. The summed E-state index contributed by atoms with van der Waals surface area (Å²) in [4.78, 5) is 39.1. The van der Waals surface area contributed by atoms with Crippen LogP contribution in [0.5, 0.6) is 0 Å². The van der Waals surface area contributed by atoms with Gasteiger partial charge in [-0.05, 0) is 38.8 Å². The van der Waals surface area contributed by atoms with E-state index in [0.29, 0.717) is 43.2 Å². The maximum absolute atomic E-state index is 12.6. The predicted molar refractivity (Wildman–Crippen MR) is 105 cm³/mol. The topological polar surface area (TPSA) is 120 Å². The summed E-state index contributed by atoms with van der Waals surface area (Å²) in [5.41, 5.74) is 7.82. The average molecular weight is 405 g/mol. The monoisotopic (exact) mass is 405 g/mol. The fraction of sp³-hybridized carbons (Fsp3) is 0.444. The van der Waals surface area contributed by atoms with Gasteiger partial charge >= 0.3 is 6.09 Å². The summed E-state index contributed by atoms with van der Waals surface area (Å²) in [6.45, 7) is 7.26. The summed E-state index contributed by atoms with van der Waals surface area (Å²) < 4.78 is 6.77. The average Bonchev–Trinajstić information content (AvgIpc) is 3.20. The third-order valence-corrected chi connectivity index (χ3v) is 5.70. The molecule has 1 aliphatic rings. The van der Waals surface area contributed by atoms with Crippen molar-refractivity contribution in [1.29, 1.82) is 0 Å². The number of aryl methyl sites for hydroxylation is 2. The normalized spacial score (nSPS) is 13.2. The predicted octanol–water partition coefficient (Wildman–Crippen LogP) is 2.14. The van der Waals surface area contributed by atoms with Crippen molar-refractivity contribution in [2.45, 2.75) is 40.3 Å². The van der Waals surface area contributed by atoms with E-state index in [1.165, 1.54) is 11.3 Å². The lowest BCUT2D eigenvalue weighted by atomic mass is 10.0. The highest BCUT2D eigenvalue weighted by atomic mass is 32.1. The molecule has 0 bridgehead atoms. The molecule has 9 nitrogen and oxygen atoms in total. The van der Waals surface area contributed by atoms with Crippen LogP contribution in [-0.2, 0) is 24.2 Å². The van der Waals surface area contributed by atoms with Gasteiger partial charge in [0.2, 0.25) is 0 Å². The Hall–Kier alpha value is -2.88. The number of nitrogens with one attached hydrogen (secondary N) is 1. The van der Waals surface area contributed by atoms with E-state index in [4.69, 9.17) is 10.5 Å². The summed E-state index contributed by atoms with van der Waals surface area (Å²) in [6.07, 6.45) is 0.0795. The maximum Gasteiger partial charge on any atom is 0.410 e. The molecular weight excluding hydrogens is 382 g/mol. The first-order valence-electron chi connectivity index (χ1n) is 9.07. The number of nitrogens with zero attached hydrogens (tertiary/aromatic N) is 3. The Morgan fingerprint density at radius 2 is 2.11 bits per heavy atom. The number of ether oxygens (including phenoxy) is 1. The highest BCUT2D eigenvalue weighted by Crippen LogP contribution is 2.37. The Labute approximate surface area is 166 Å². The number of nitrogens with two attached hydrogens (primary N) is 1. The number of primary amides is 1. The number of aromatic nitrogens is 2. The van der Waals surface area contributed by atoms with Crippen molar-refractivity contribution in [3.63, 3.8) is 0 Å². The largest absolute Gasteiger partial charge is 0.450 e. The second-order valence-electron chi connectivity index (χ2n) is 6.38. The summed E-state index contributed by atoms with van der Waals surface area (Å²) in [7, 11) is 0. The SMILES string of the molecule is CCOC(=O)N1CCc2c(sc(NC(=O)c3cc(C)n(CC)n3)c2C(N)=O)C1. The van der Waals surface area contributed by atoms with E-state index in [0.717, 1.165) is 16.1 Å². The molecule has 150 valence electrons. The Kier molecular flexibility index (Phi) is 5.68. The van der Waals surface area contributed by atoms with E-state index in [2.05, 4.69) is 10.4 Å². The number of carbonyl (C=O) groups excluding carboxylic acids is 3. The second kappa shape index (κ2) is 8.01. The Bertz CT molecular complexity index is 933. The van der Waals surface area contributed by atoms with Gasteiger partial charge in [0.25, 0.3) is 11.8 Å². The molecule has 3 rings (SSSR count). The zero-order valence-electron chi connectivity index (χ0n) is 16.1. The van der Waals surface area contributed by atoms with Crippen LogP contribution in [0.15, 0.2) is 6.07 Å². The van der Waals surface area contributed by atoms with E-state index in [1.54, 1.807) is 22.6 Å². The number of amides is 3. The zero-order chi connectivity index (χ0) is 20.4. The van der Waals surface area contributed by atoms with Gasteiger partial charge in [0, 0.05) is 23.7 Å². The third-order valence-electron chi connectivity index (χ3n) is 4.57. The molecule has 0 saturated carbocycles. The van der Waals surface area contributed by atoms with Crippen LogP contribution in [0.1, 0.15) is 50.8 Å². The fourth-order valence-corrected chi connectivity index (χ4v) is 4.49. The van der Waals surface area contributed by atoms with E-state index in [1.807, 2.05) is 13.8 Å².